The van der Waals surface area contributed by atoms with Gasteiger partial charge in [0.15, 0.2) is 0 Å². The summed E-state index contributed by atoms with van der Waals surface area (Å²) in [4.78, 5) is 9.55. The van der Waals surface area contributed by atoms with E-state index in [1.807, 2.05) is 18.5 Å². The molecule has 0 bridgehead atoms. The molecule has 0 atom stereocenters. The summed E-state index contributed by atoms with van der Waals surface area (Å²) in [6.45, 7) is 6.70. The van der Waals surface area contributed by atoms with Crippen LogP contribution < -0.4 is 0 Å². The minimum atomic E-state index is 0.0725. The van der Waals surface area contributed by atoms with Gasteiger partial charge in [-0.15, -0.1) is 0 Å². The summed E-state index contributed by atoms with van der Waals surface area (Å²) in [5.74, 6) is 0. The lowest BCUT2D eigenvalue weighted by Crippen LogP contribution is -2.11. The number of hydrogen-bond donors (Lipinski definition) is 0. The van der Waals surface area contributed by atoms with Crippen LogP contribution in [-0.2, 0) is 5.41 Å². The van der Waals surface area contributed by atoms with Gasteiger partial charge < -0.3 is 0 Å². The minimum absolute atomic E-state index is 0.0725. The molecule has 0 saturated heterocycles. The Hall–Kier alpha value is -4.56. The Kier molecular flexibility index (Phi) is 6.09. The van der Waals surface area contributed by atoms with Crippen LogP contribution in [0.4, 0.5) is 0 Å². The maximum absolute atomic E-state index is 4.86. The van der Waals surface area contributed by atoms with E-state index < -0.39 is 0 Å². The summed E-state index contributed by atoms with van der Waals surface area (Å²) >= 11 is 0. The van der Waals surface area contributed by atoms with Crippen molar-refractivity contribution < 1.29 is 0 Å². The number of benzene rings is 4. The fourth-order valence-electron chi connectivity index (χ4n) is 5.06. The number of hydrogen-bond acceptors (Lipinski definition) is 2. The minimum Gasteiger partial charge on any atom is -0.256 e. The molecule has 0 amide bonds. The molecule has 0 saturated carbocycles. The predicted molar refractivity (Wildman–Crippen MR) is 160 cm³/mol. The summed E-state index contributed by atoms with van der Waals surface area (Å²) in [5, 5.41) is 1.15. The van der Waals surface area contributed by atoms with Gasteiger partial charge >= 0.3 is 0 Å². The molecule has 184 valence electrons. The van der Waals surface area contributed by atoms with Crippen molar-refractivity contribution in [3.05, 3.63) is 133 Å². The van der Waals surface area contributed by atoms with Gasteiger partial charge in [0.2, 0.25) is 0 Å². The third-order valence-corrected chi connectivity index (χ3v) is 7.15. The highest BCUT2D eigenvalue weighted by Gasteiger charge is 2.16. The van der Waals surface area contributed by atoms with Crippen LogP contribution in [0.1, 0.15) is 26.3 Å². The molecule has 0 aliphatic carbocycles. The standard InChI is InChI=1S/C36H30N2/c1-36(2,3)30-19-21-37-34(24-30)29-15-8-14-28(23-29)32-18-17-31(33-16-9-20-38-35(32)33)27-13-7-12-26(22-27)25-10-5-4-6-11-25/h4-24H,1-3H3. The summed E-state index contributed by atoms with van der Waals surface area (Å²) < 4.78 is 0. The summed E-state index contributed by atoms with van der Waals surface area (Å²) in [7, 11) is 0. The molecular weight excluding hydrogens is 460 g/mol. The number of nitrogens with zero attached hydrogens (tertiary/aromatic N) is 2. The summed E-state index contributed by atoms with van der Waals surface area (Å²) in [6.07, 6.45) is 3.80. The van der Waals surface area contributed by atoms with Crippen molar-refractivity contribution in [1.29, 1.82) is 0 Å². The maximum Gasteiger partial charge on any atom is 0.0786 e. The Morgan fingerprint density at radius 1 is 0.474 bits per heavy atom. The van der Waals surface area contributed by atoms with Crippen molar-refractivity contribution in [2.75, 3.05) is 0 Å². The first-order valence-electron chi connectivity index (χ1n) is 13.1. The lowest BCUT2D eigenvalue weighted by Gasteiger charge is -2.19. The highest BCUT2D eigenvalue weighted by molar-refractivity contribution is 6.03. The van der Waals surface area contributed by atoms with E-state index in [0.29, 0.717) is 0 Å². The molecule has 38 heavy (non-hydrogen) atoms. The highest BCUT2D eigenvalue weighted by atomic mass is 14.7. The molecule has 0 N–H and O–H groups in total. The topological polar surface area (TPSA) is 25.8 Å². The van der Waals surface area contributed by atoms with E-state index in [0.717, 1.165) is 33.3 Å². The number of rotatable bonds is 4. The molecule has 0 fully saturated rings. The average Bonchev–Trinajstić information content (AvgIpc) is 2.97. The van der Waals surface area contributed by atoms with Crippen LogP contribution in [0.2, 0.25) is 0 Å². The zero-order chi connectivity index (χ0) is 26.1. The second-order valence-electron chi connectivity index (χ2n) is 10.8. The average molecular weight is 491 g/mol. The molecule has 0 unspecified atom stereocenters. The Morgan fingerprint density at radius 3 is 1.92 bits per heavy atom. The van der Waals surface area contributed by atoms with Gasteiger partial charge in [-0.25, -0.2) is 0 Å². The van der Waals surface area contributed by atoms with Crippen molar-refractivity contribution in [2.45, 2.75) is 26.2 Å². The highest BCUT2D eigenvalue weighted by Crippen LogP contribution is 2.37. The maximum atomic E-state index is 4.86. The summed E-state index contributed by atoms with van der Waals surface area (Å²) in [6, 6.07) is 40.9. The van der Waals surface area contributed by atoms with E-state index in [2.05, 4.69) is 130 Å². The fraction of sp³-hybridized carbons (Fsp3) is 0.111. The normalized spacial score (nSPS) is 11.6. The SMILES string of the molecule is CC(C)(C)c1ccnc(-c2cccc(-c3ccc(-c4cccc(-c5ccccc5)c4)c4cccnc34)c2)c1. The largest absolute Gasteiger partial charge is 0.256 e. The molecule has 0 aliphatic rings. The Bertz CT molecular complexity index is 1740. The fourth-order valence-corrected chi connectivity index (χ4v) is 5.06. The molecule has 0 radical (unpaired) electrons. The van der Waals surface area contributed by atoms with Crippen LogP contribution in [0.5, 0.6) is 0 Å². The Balaban J connectivity index is 1.45. The van der Waals surface area contributed by atoms with Crippen LogP contribution in [0.15, 0.2) is 128 Å². The van der Waals surface area contributed by atoms with Crippen molar-refractivity contribution in [2.24, 2.45) is 0 Å². The van der Waals surface area contributed by atoms with E-state index in [1.165, 1.54) is 27.8 Å². The molecule has 2 heterocycles. The molecule has 2 heteroatoms. The van der Waals surface area contributed by atoms with Gasteiger partial charge in [0.05, 0.1) is 11.2 Å². The van der Waals surface area contributed by atoms with E-state index >= 15 is 0 Å². The van der Waals surface area contributed by atoms with Crippen LogP contribution in [0.3, 0.4) is 0 Å². The first-order chi connectivity index (χ1) is 18.5. The predicted octanol–water partition coefficient (Wildman–Crippen LogP) is 9.60. The third-order valence-electron chi connectivity index (χ3n) is 7.15. The number of pyridine rings is 2. The Morgan fingerprint density at radius 2 is 1.13 bits per heavy atom. The van der Waals surface area contributed by atoms with E-state index in [9.17, 15) is 0 Å². The zero-order valence-electron chi connectivity index (χ0n) is 22.0. The van der Waals surface area contributed by atoms with Gasteiger partial charge in [0, 0.05) is 28.9 Å². The molecule has 0 spiro atoms. The van der Waals surface area contributed by atoms with Crippen LogP contribution in [0, 0.1) is 0 Å². The smallest absolute Gasteiger partial charge is 0.0786 e. The van der Waals surface area contributed by atoms with Crippen LogP contribution >= 0.6 is 0 Å². The lowest BCUT2D eigenvalue weighted by atomic mass is 9.86. The molecule has 0 aliphatic heterocycles. The van der Waals surface area contributed by atoms with Crippen LogP contribution in [0.25, 0.3) is 55.5 Å². The van der Waals surface area contributed by atoms with Gasteiger partial charge in [-0.05, 0) is 69.1 Å². The van der Waals surface area contributed by atoms with Gasteiger partial charge in [0.1, 0.15) is 0 Å². The third kappa shape index (κ3) is 4.62. The quantitative estimate of drug-likeness (QED) is 0.246. The van der Waals surface area contributed by atoms with E-state index in [1.54, 1.807) is 0 Å². The molecule has 6 rings (SSSR count). The zero-order valence-corrected chi connectivity index (χ0v) is 22.0. The second kappa shape index (κ2) is 9.72. The molecule has 2 nitrogen and oxygen atoms in total. The monoisotopic (exact) mass is 490 g/mol. The second-order valence-corrected chi connectivity index (χ2v) is 10.8. The molecule has 2 aromatic heterocycles. The van der Waals surface area contributed by atoms with Crippen LogP contribution in [-0.4, -0.2) is 9.97 Å². The lowest BCUT2D eigenvalue weighted by molar-refractivity contribution is 0.589. The van der Waals surface area contributed by atoms with Crippen molar-refractivity contribution >= 4 is 10.9 Å². The van der Waals surface area contributed by atoms with Gasteiger partial charge in [0.25, 0.3) is 0 Å². The van der Waals surface area contributed by atoms with Gasteiger partial charge in [-0.2, -0.15) is 0 Å². The van der Waals surface area contributed by atoms with Gasteiger partial charge in [-0.3, -0.25) is 9.97 Å². The first kappa shape index (κ1) is 23.8. The number of aromatic nitrogens is 2. The summed E-state index contributed by atoms with van der Waals surface area (Å²) in [5.41, 5.74) is 11.5. The number of fused-ring (bicyclic) bond motifs is 1. The first-order valence-corrected chi connectivity index (χ1v) is 13.1. The van der Waals surface area contributed by atoms with Crippen molar-refractivity contribution in [3.63, 3.8) is 0 Å². The van der Waals surface area contributed by atoms with Crippen molar-refractivity contribution in [3.8, 4) is 44.6 Å². The molecule has 4 aromatic carbocycles. The Labute approximate surface area is 224 Å². The van der Waals surface area contributed by atoms with E-state index in [-0.39, 0.29) is 5.41 Å². The molecule has 6 aromatic rings. The van der Waals surface area contributed by atoms with Crippen molar-refractivity contribution in [1.82, 2.24) is 9.97 Å². The van der Waals surface area contributed by atoms with Gasteiger partial charge in [-0.1, -0.05) is 106 Å². The van der Waals surface area contributed by atoms with E-state index in [4.69, 9.17) is 9.97 Å². The molecular formula is C36H30N2.